The molecule has 1 fully saturated rings. The molecule has 0 spiro atoms. The molecule has 2 rings (SSSR count). The third-order valence-corrected chi connectivity index (χ3v) is 3.75. The Kier molecular flexibility index (Phi) is 3.84. The molecule has 108 valence electrons. The van der Waals surface area contributed by atoms with Gasteiger partial charge in [0.2, 0.25) is 11.8 Å². The molecular weight excluding hydrogens is 252 g/mol. The summed E-state index contributed by atoms with van der Waals surface area (Å²) in [6.45, 7) is 8.64. The van der Waals surface area contributed by atoms with Gasteiger partial charge < -0.3 is 10.2 Å². The first-order chi connectivity index (χ1) is 9.29. The Morgan fingerprint density at radius 1 is 1.25 bits per heavy atom. The van der Waals surface area contributed by atoms with Crippen LogP contribution in [0.25, 0.3) is 0 Å². The number of benzene rings is 1. The summed E-state index contributed by atoms with van der Waals surface area (Å²) >= 11 is 0. The molecule has 1 heterocycles. The molecule has 4 heteroatoms. The smallest absolute Gasteiger partial charge is 0.248 e. The van der Waals surface area contributed by atoms with Crippen molar-refractivity contribution in [3.05, 3.63) is 34.9 Å². The van der Waals surface area contributed by atoms with Crippen LogP contribution in [0.15, 0.2) is 18.2 Å². The monoisotopic (exact) mass is 274 g/mol. The highest BCUT2D eigenvalue weighted by Crippen LogP contribution is 2.18. The maximum Gasteiger partial charge on any atom is 0.248 e. The molecule has 1 saturated heterocycles. The summed E-state index contributed by atoms with van der Waals surface area (Å²) in [6.07, 6.45) is 0.361. The largest absolute Gasteiger partial charge is 0.342 e. The van der Waals surface area contributed by atoms with Crippen LogP contribution in [-0.4, -0.2) is 28.8 Å². The van der Waals surface area contributed by atoms with Crippen LogP contribution in [0.5, 0.6) is 0 Å². The topological polar surface area (TPSA) is 49.4 Å². The molecule has 2 amide bonds. The van der Waals surface area contributed by atoms with Crippen LogP contribution < -0.4 is 5.32 Å². The number of amides is 2. The molecule has 0 saturated carbocycles. The molecule has 1 aromatic rings. The van der Waals surface area contributed by atoms with Crippen LogP contribution in [0, 0.1) is 13.8 Å². The summed E-state index contributed by atoms with van der Waals surface area (Å²) in [7, 11) is 0. The Labute approximate surface area is 120 Å². The minimum Gasteiger partial charge on any atom is -0.342 e. The number of carbonyl (C=O) groups is 2. The minimum absolute atomic E-state index is 0.0238. The number of carbonyl (C=O) groups excluding carboxylic acids is 2. The van der Waals surface area contributed by atoms with Crippen LogP contribution >= 0.6 is 0 Å². The Hall–Kier alpha value is -1.84. The van der Waals surface area contributed by atoms with Crippen LogP contribution in [0.4, 0.5) is 0 Å². The van der Waals surface area contributed by atoms with Crippen LogP contribution in [0.1, 0.15) is 37.0 Å². The fraction of sp³-hybridized carbons (Fsp3) is 0.500. The minimum atomic E-state index is -0.828. The zero-order valence-electron chi connectivity index (χ0n) is 12.6. The van der Waals surface area contributed by atoms with E-state index in [1.165, 1.54) is 11.1 Å². The van der Waals surface area contributed by atoms with E-state index in [2.05, 4.69) is 23.5 Å². The second-order valence-corrected chi connectivity index (χ2v) is 6.08. The predicted octanol–water partition coefficient (Wildman–Crippen LogP) is 1.93. The number of hydrogen-bond donors (Lipinski definition) is 1. The van der Waals surface area contributed by atoms with Crippen molar-refractivity contribution >= 4 is 11.8 Å². The lowest BCUT2D eigenvalue weighted by Crippen LogP contribution is -2.52. The van der Waals surface area contributed by atoms with Gasteiger partial charge in [0, 0.05) is 19.5 Å². The van der Waals surface area contributed by atoms with Crippen molar-refractivity contribution in [3.63, 3.8) is 0 Å². The summed E-state index contributed by atoms with van der Waals surface area (Å²) in [4.78, 5) is 26.0. The van der Waals surface area contributed by atoms with E-state index in [0.29, 0.717) is 19.5 Å². The maximum atomic E-state index is 12.5. The highest BCUT2D eigenvalue weighted by Gasteiger charge is 2.36. The van der Waals surface area contributed by atoms with Crippen LogP contribution in [0.2, 0.25) is 0 Å². The Bertz CT molecular complexity index is 549. The lowest BCUT2D eigenvalue weighted by molar-refractivity contribution is -0.137. The summed E-state index contributed by atoms with van der Waals surface area (Å²) in [5.41, 5.74) is 2.67. The van der Waals surface area contributed by atoms with Gasteiger partial charge in [0.1, 0.15) is 5.54 Å². The lowest BCUT2D eigenvalue weighted by atomic mass is 10.0. The van der Waals surface area contributed by atoms with E-state index in [-0.39, 0.29) is 11.8 Å². The SMILES string of the molecule is Cc1ccc(C)c(CN2CCC(=O)NC(C)(C)C2=O)c1. The second-order valence-electron chi connectivity index (χ2n) is 6.08. The molecule has 1 aliphatic heterocycles. The van der Waals surface area contributed by atoms with Crippen molar-refractivity contribution in [3.8, 4) is 0 Å². The summed E-state index contributed by atoms with van der Waals surface area (Å²) in [6, 6.07) is 6.25. The molecule has 0 radical (unpaired) electrons. The zero-order valence-corrected chi connectivity index (χ0v) is 12.6. The van der Waals surface area contributed by atoms with Crippen molar-refractivity contribution in [2.24, 2.45) is 0 Å². The number of hydrogen-bond acceptors (Lipinski definition) is 2. The molecule has 1 N–H and O–H groups in total. The molecular formula is C16H22N2O2. The lowest BCUT2D eigenvalue weighted by Gasteiger charge is -2.29. The van der Waals surface area contributed by atoms with Gasteiger partial charge in [0.05, 0.1) is 0 Å². The molecule has 20 heavy (non-hydrogen) atoms. The van der Waals surface area contributed by atoms with Gasteiger partial charge in [-0.2, -0.15) is 0 Å². The Balaban J connectivity index is 2.25. The van der Waals surface area contributed by atoms with E-state index >= 15 is 0 Å². The normalized spacial score (nSPS) is 18.7. The average molecular weight is 274 g/mol. The van der Waals surface area contributed by atoms with Crippen LogP contribution in [-0.2, 0) is 16.1 Å². The van der Waals surface area contributed by atoms with E-state index in [4.69, 9.17) is 0 Å². The molecule has 0 aliphatic carbocycles. The van der Waals surface area contributed by atoms with E-state index in [1.54, 1.807) is 18.7 Å². The van der Waals surface area contributed by atoms with Crippen molar-refractivity contribution < 1.29 is 9.59 Å². The van der Waals surface area contributed by atoms with E-state index in [9.17, 15) is 9.59 Å². The Morgan fingerprint density at radius 3 is 2.65 bits per heavy atom. The van der Waals surface area contributed by atoms with Gasteiger partial charge in [-0.25, -0.2) is 0 Å². The van der Waals surface area contributed by atoms with E-state index in [1.807, 2.05) is 13.8 Å². The zero-order chi connectivity index (χ0) is 14.9. The van der Waals surface area contributed by atoms with E-state index < -0.39 is 5.54 Å². The predicted molar refractivity (Wildman–Crippen MR) is 78.2 cm³/mol. The number of nitrogens with zero attached hydrogens (tertiary/aromatic N) is 1. The van der Waals surface area contributed by atoms with Gasteiger partial charge in [0.25, 0.3) is 0 Å². The fourth-order valence-corrected chi connectivity index (χ4v) is 2.52. The van der Waals surface area contributed by atoms with Gasteiger partial charge in [-0.15, -0.1) is 0 Å². The first kappa shape index (κ1) is 14.6. The van der Waals surface area contributed by atoms with Gasteiger partial charge in [-0.3, -0.25) is 9.59 Å². The van der Waals surface area contributed by atoms with Gasteiger partial charge >= 0.3 is 0 Å². The molecule has 0 bridgehead atoms. The number of nitrogens with one attached hydrogen (secondary N) is 1. The third kappa shape index (κ3) is 3.00. The fourth-order valence-electron chi connectivity index (χ4n) is 2.52. The quantitative estimate of drug-likeness (QED) is 0.896. The summed E-state index contributed by atoms with van der Waals surface area (Å²) < 4.78 is 0. The van der Waals surface area contributed by atoms with Crippen molar-refractivity contribution in [1.29, 1.82) is 0 Å². The standard InChI is InChI=1S/C16H22N2O2/c1-11-5-6-12(2)13(9-11)10-18-8-7-14(19)17-16(3,4)15(18)20/h5-6,9H,7-8,10H2,1-4H3,(H,17,19). The molecule has 0 aromatic heterocycles. The molecule has 1 aliphatic rings. The molecule has 1 aromatic carbocycles. The third-order valence-electron chi connectivity index (χ3n) is 3.75. The molecule has 0 unspecified atom stereocenters. The first-order valence-electron chi connectivity index (χ1n) is 6.96. The first-order valence-corrected chi connectivity index (χ1v) is 6.96. The van der Waals surface area contributed by atoms with E-state index in [0.717, 1.165) is 5.56 Å². The second kappa shape index (κ2) is 5.27. The van der Waals surface area contributed by atoms with Crippen molar-refractivity contribution in [2.45, 2.75) is 46.2 Å². The molecule has 0 atom stereocenters. The summed E-state index contributed by atoms with van der Waals surface area (Å²) in [5, 5.41) is 2.78. The van der Waals surface area contributed by atoms with Gasteiger partial charge in [-0.1, -0.05) is 23.8 Å². The van der Waals surface area contributed by atoms with Crippen molar-refractivity contribution in [1.82, 2.24) is 10.2 Å². The van der Waals surface area contributed by atoms with Crippen LogP contribution in [0.3, 0.4) is 0 Å². The maximum absolute atomic E-state index is 12.5. The van der Waals surface area contributed by atoms with Crippen molar-refractivity contribution in [2.75, 3.05) is 6.54 Å². The number of aryl methyl sites for hydroxylation is 2. The Morgan fingerprint density at radius 2 is 1.95 bits per heavy atom. The van der Waals surface area contributed by atoms with Gasteiger partial charge in [0.15, 0.2) is 0 Å². The van der Waals surface area contributed by atoms with Gasteiger partial charge in [-0.05, 0) is 38.8 Å². The number of rotatable bonds is 2. The summed E-state index contributed by atoms with van der Waals surface area (Å²) in [5.74, 6) is -0.0870. The highest BCUT2D eigenvalue weighted by molar-refractivity contribution is 5.92. The highest BCUT2D eigenvalue weighted by atomic mass is 16.2. The average Bonchev–Trinajstić information content (AvgIpc) is 2.45. The molecule has 4 nitrogen and oxygen atoms in total.